The van der Waals surface area contributed by atoms with E-state index in [1.165, 1.54) is 25.7 Å². The van der Waals surface area contributed by atoms with Crippen molar-refractivity contribution >= 4 is 0 Å². The molecule has 10 heavy (non-hydrogen) atoms. The van der Waals surface area contributed by atoms with Gasteiger partial charge in [-0.3, -0.25) is 0 Å². The van der Waals surface area contributed by atoms with Crippen LogP contribution in [0, 0.1) is 5.92 Å². The van der Waals surface area contributed by atoms with E-state index in [9.17, 15) is 0 Å². The number of nitrogens with one attached hydrogen (secondary N) is 1. The van der Waals surface area contributed by atoms with Gasteiger partial charge in [-0.05, 0) is 32.2 Å². The Labute approximate surface area is 61.6 Å². The van der Waals surface area contributed by atoms with Gasteiger partial charge in [0.15, 0.2) is 0 Å². The standard InChI is InChI=1S/C8H15NO/c10-6-7-2-5-9-8(7)3-1-4-8/h7,9-10H,1-6H2. The second kappa shape index (κ2) is 2.21. The van der Waals surface area contributed by atoms with Gasteiger partial charge in [0.1, 0.15) is 0 Å². The number of rotatable bonds is 1. The van der Waals surface area contributed by atoms with E-state index in [0.717, 1.165) is 6.54 Å². The van der Waals surface area contributed by atoms with E-state index in [1.54, 1.807) is 0 Å². The molecule has 1 saturated carbocycles. The predicted octanol–water partition coefficient (Wildman–Crippen LogP) is 0.511. The number of hydrogen-bond donors (Lipinski definition) is 2. The Morgan fingerprint density at radius 3 is 2.70 bits per heavy atom. The molecule has 0 aromatic heterocycles. The monoisotopic (exact) mass is 141 g/mol. The predicted molar refractivity (Wildman–Crippen MR) is 39.8 cm³/mol. The van der Waals surface area contributed by atoms with Gasteiger partial charge in [-0.1, -0.05) is 0 Å². The number of aliphatic hydroxyl groups is 1. The first kappa shape index (κ1) is 6.62. The number of aliphatic hydroxyl groups excluding tert-OH is 1. The Morgan fingerprint density at radius 1 is 1.50 bits per heavy atom. The summed E-state index contributed by atoms with van der Waals surface area (Å²) in [6, 6.07) is 0. The van der Waals surface area contributed by atoms with Crippen LogP contribution in [-0.2, 0) is 0 Å². The van der Waals surface area contributed by atoms with Crippen molar-refractivity contribution in [3.05, 3.63) is 0 Å². The van der Waals surface area contributed by atoms with Crippen LogP contribution in [0.3, 0.4) is 0 Å². The molecule has 1 aliphatic heterocycles. The SMILES string of the molecule is OCC1CCNC12CCC2. The molecule has 0 aromatic rings. The molecule has 1 atom stereocenters. The van der Waals surface area contributed by atoms with Gasteiger partial charge >= 0.3 is 0 Å². The molecule has 1 saturated heterocycles. The minimum atomic E-state index is 0.382. The van der Waals surface area contributed by atoms with E-state index >= 15 is 0 Å². The maximum absolute atomic E-state index is 9.03. The summed E-state index contributed by atoms with van der Waals surface area (Å²) in [6.07, 6.45) is 5.11. The molecule has 2 rings (SSSR count). The molecule has 1 spiro atoms. The molecular formula is C8H15NO. The van der Waals surface area contributed by atoms with E-state index in [-0.39, 0.29) is 0 Å². The second-order valence-corrected chi connectivity index (χ2v) is 3.60. The van der Waals surface area contributed by atoms with Crippen molar-refractivity contribution in [3.63, 3.8) is 0 Å². The maximum Gasteiger partial charge on any atom is 0.0477 e. The van der Waals surface area contributed by atoms with Crippen LogP contribution in [0.4, 0.5) is 0 Å². The molecule has 2 heteroatoms. The highest BCUT2D eigenvalue weighted by Gasteiger charge is 2.46. The quantitative estimate of drug-likeness (QED) is 0.557. The summed E-state index contributed by atoms with van der Waals surface area (Å²) in [7, 11) is 0. The van der Waals surface area contributed by atoms with E-state index in [0.29, 0.717) is 18.1 Å². The molecule has 0 aromatic carbocycles. The fourth-order valence-electron chi connectivity index (χ4n) is 2.32. The summed E-state index contributed by atoms with van der Waals surface area (Å²) in [5.41, 5.74) is 0.384. The van der Waals surface area contributed by atoms with Gasteiger partial charge in [-0.2, -0.15) is 0 Å². The van der Waals surface area contributed by atoms with Gasteiger partial charge in [-0.25, -0.2) is 0 Å². The van der Waals surface area contributed by atoms with E-state index in [4.69, 9.17) is 5.11 Å². The van der Waals surface area contributed by atoms with Crippen molar-refractivity contribution in [1.29, 1.82) is 0 Å². The van der Waals surface area contributed by atoms with Crippen LogP contribution >= 0.6 is 0 Å². The molecule has 1 unspecified atom stereocenters. The summed E-state index contributed by atoms with van der Waals surface area (Å²) < 4.78 is 0. The highest BCUT2D eigenvalue weighted by Crippen LogP contribution is 2.42. The van der Waals surface area contributed by atoms with Gasteiger partial charge in [-0.15, -0.1) is 0 Å². The van der Waals surface area contributed by atoms with Crippen LogP contribution in [0.2, 0.25) is 0 Å². The lowest BCUT2D eigenvalue weighted by Crippen LogP contribution is -2.51. The molecule has 2 nitrogen and oxygen atoms in total. The highest BCUT2D eigenvalue weighted by atomic mass is 16.3. The van der Waals surface area contributed by atoms with Crippen molar-refractivity contribution in [1.82, 2.24) is 5.32 Å². The average molecular weight is 141 g/mol. The van der Waals surface area contributed by atoms with Crippen molar-refractivity contribution in [2.24, 2.45) is 5.92 Å². The van der Waals surface area contributed by atoms with Gasteiger partial charge in [0, 0.05) is 18.1 Å². The zero-order valence-corrected chi connectivity index (χ0v) is 6.27. The van der Waals surface area contributed by atoms with Gasteiger partial charge in [0.2, 0.25) is 0 Å². The fourth-order valence-corrected chi connectivity index (χ4v) is 2.32. The van der Waals surface area contributed by atoms with E-state index < -0.39 is 0 Å². The number of hydrogen-bond acceptors (Lipinski definition) is 2. The van der Waals surface area contributed by atoms with Crippen LogP contribution in [0.5, 0.6) is 0 Å². The lowest BCUT2D eigenvalue weighted by Gasteiger charge is -2.43. The molecule has 0 radical (unpaired) electrons. The van der Waals surface area contributed by atoms with Crippen molar-refractivity contribution in [3.8, 4) is 0 Å². The third-order valence-electron chi connectivity index (χ3n) is 3.22. The molecule has 58 valence electrons. The Bertz CT molecular complexity index is 131. The van der Waals surface area contributed by atoms with Crippen molar-refractivity contribution in [2.45, 2.75) is 31.2 Å². The smallest absolute Gasteiger partial charge is 0.0477 e. The molecule has 1 heterocycles. The first-order valence-electron chi connectivity index (χ1n) is 4.23. The van der Waals surface area contributed by atoms with Crippen molar-refractivity contribution in [2.75, 3.05) is 13.2 Å². The Hall–Kier alpha value is -0.0800. The van der Waals surface area contributed by atoms with Crippen molar-refractivity contribution < 1.29 is 5.11 Å². The maximum atomic E-state index is 9.03. The van der Waals surface area contributed by atoms with Crippen LogP contribution in [0.1, 0.15) is 25.7 Å². The summed E-state index contributed by atoms with van der Waals surface area (Å²) in [6.45, 7) is 1.50. The minimum Gasteiger partial charge on any atom is -0.396 e. The zero-order valence-electron chi connectivity index (χ0n) is 6.27. The highest BCUT2D eigenvalue weighted by molar-refractivity contribution is 5.04. The fraction of sp³-hybridized carbons (Fsp3) is 1.00. The van der Waals surface area contributed by atoms with Crippen LogP contribution in [0.15, 0.2) is 0 Å². The normalized spacial score (nSPS) is 36.3. The Morgan fingerprint density at radius 2 is 2.30 bits per heavy atom. The summed E-state index contributed by atoms with van der Waals surface area (Å²) in [4.78, 5) is 0. The third kappa shape index (κ3) is 0.722. The summed E-state index contributed by atoms with van der Waals surface area (Å²) in [5.74, 6) is 0.557. The zero-order chi connectivity index (χ0) is 7.03. The first-order valence-corrected chi connectivity index (χ1v) is 4.23. The molecule has 2 fully saturated rings. The molecular weight excluding hydrogens is 126 g/mol. The van der Waals surface area contributed by atoms with Gasteiger partial charge in [0.05, 0.1) is 0 Å². The van der Waals surface area contributed by atoms with Crippen LogP contribution < -0.4 is 5.32 Å². The second-order valence-electron chi connectivity index (χ2n) is 3.60. The molecule has 2 N–H and O–H groups in total. The Balaban J connectivity index is 2.05. The average Bonchev–Trinajstić information content (AvgIpc) is 2.27. The summed E-state index contributed by atoms with van der Waals surface area (Å²) >= 11 is 0. The lowest BCUT2D eigenvalue weighted by molar-refractivity contribution is 0.0974. The third-order valence-corrected chi connectivity index (χ3v) is 3.22. The first-order chi connectivity index (χ1) is 4.87. The van der Waals surface area contributed by atoms with Crippen LogP contribution in [0.25, 0.3) is 0 Å². The minimum absolute atomic E-state index is 0.382. The molecule has 0 bridgehead atoms. The Kier molecular flexibility index (Phi) is 1.46. The molecule has 0 amide bonds. The van der Waals surface area contributed by atoms with E-state index in [1.807, 2.05) is 0 Å². The van der Waals surface area contributed by atoms with Gasteiger partial charge < -0.3 is 10.4 Å². The van der Waals surface area contributed by atoms with Crippen LogP contribution in [-0.4, -0.2) is 23.8 Å². The van der Waals surface area contributed by atoms with E-state index in [2.05, 4.69) is 5.32 Å². The lowest BCUT2D eigenvalue weighted by atomic mass is 9.70. The largest absolute Gasteiger partial charge is 0.396 e. The molecule has 1 aliphatic carbocycles. The topological polar surface area (TPSA) is 32.3 Å². The van der Waals surface area contributed by atoms with Gasteiger partial charge in [0.25, 0.3) is 0 Å². The molecule has 2 aliphatic rings. The summed E-state index contributed by atoms with van der Waals surface area (Å²) in [5, 5.41) is 12.5.